The lowest BCUT2D eigenvalue weighted by Crippen LogP contribution is -2.08. The van der Waals surface area contributed by atoms with E-state index >= 15 is 0 Å². The van der Waals surface area contributed by atoms with Gasteiger partial charge in [-0.2, -0.15) is 10.1 Å². The van der Waals surface area contributed by atoms with E-state index in [0.717, 1.165) is 24.5 Å². The standard InChI is InChI=1S/C17H20ClN5/c18-14-6-8-15(9-7-14)21-17-22-16(12-20-23-17)19-11-10-13-4-2-1-3-5-13/h4,6-9,12H,1-3,5,10-11H2,(H2,19,21,22,23). The third-order valence-corrected chi connectivity index (χ3v) is 4.05. The van der Waals surface area contributed by atoms with Gasteiger partial charge in [0.1, 0.15) is 0 Å². The van der Waals surface area contributed by atoms with Crippen LogP contribution in [-0.2, 0) is 0 Å². The van der Waals surface area contributed by atoms with E-state index in [1.165, 1.54) is 25.7 Å². The fourth-order valence-corrected chi connectivity index (χ4v) is 2.71. The van der Waals surface area contributed by atoms with Crippen LogP contribution in [0.25, 0.3) is 0 Å². The van der Waals surface area contributed by atoms with E-state index in [-0.39, 0.29) is 0 Å². The van der Waals surface area contributed by atoms with Gasteiger partial charge in [-0.1, -0.05) is 23.3 Å². The predicted molar refractivity (Wildman–Crippen MR) is 94.2 cm³/mol. The maximum atomic E-state index is 5.88. The lowest BCUT2D eigenvalue weighted by Gasteiger charge is -2.13. The molecule has 2 aromatic rings. The van der Waals surface area contributed by atoms with Crippen molar-refractivity contribution in [2.24, 2.45) is 0 Å². The van der Waals surface area contributed by atoms with Crippen LogP contribution >= 0.6 is 11.6 Å². The van der Waals surface area contributed by atoms with E-state index in [2.05, 4.69) is 31.9 Å². The lowest BCUT2D eigenvalue weighted by atomic mass is 9.97. The van der Waals surface area contributed by atoms with E-state index < -0.39 is 0 Å². The molecule has 0 spiro atoms. The van der Waals surface area contributed by atoms with Crippen LogP contribution in [0.5, 0.6) is 0 Å². The van der Waals surface area contributed by atoms with Gasteiger partial charge >= 0.3 is 0 Å². The van der Waals surface area contributed by atoms with Crippen molar-refractivity contribution in [1.82, 2.24) is 15.2 Å². The maximum absolute atomic E-state index is 5.88. The SMILES string of the molecule is Clc1ccc(Nc2nncc(NCCC3=CCCCC3)n2)cc1. The van der Waals surface area contributed by atoms with Crippen molar-refractivity contribution in [1.29, 1.82) is 0 Å². The van der Waals surface area contributed by atoms with Crippen molar-refractivity contribution >= 4 is 29.1 Å². The summed E-state index contributed by atoms with van der Waals surface area (Å²) in [7, 11) is 0. The average molecular weight is 330 g/mol. The van der Waals surface area contributed by atoms with Gasteiger partial charge in [0.05, 0.1) is 6.20 Å². The molecule has 5 nitrogen and oxygen atoms in total. The summed E-state index contributed by atoms with van der Waals surface area (Å²) < 4.78 is 0. The van der Waals surface area contributed by atoms with Crippen molar-refractivity contribution in [2.75, 3.05) is 17.2 Å². The summed E-state index contributed by atoms with van der Waals surface area (Å²) in [6.07, 6.45) is 10.2. The molecule has 0 aliphatic heterocycles. The van der Waals surface area contributed by atoms with E-state index in [9.17, 15) is 0 Å². The number of nitrogens with zero attached hydrogens (tertiary/aromatic N) is 3. The highest BCUT2D eigenvalue weighted by Gasteiger charge is 2.05. The zero-order valence-corrected chi connectivity index (χ0v) is 13.7. The molecule has 1 aromatic carbocycles. The first-order chi connectivity index (χ1) is 11.3. The Morgan fingerprint density at radius 2 is 2.00 bits per heavy atom. The number of hydrogen-bond donors (Lipinski definition) is 2. The van der Waals surface area contributed by atoms with Crippen LogP contribution in [-0.4, -0.2) is 21.7 Å². The van der Waals surface area contributed by atoms with Gasteiger partial charge < -0.3 is 10.6 Å². The maximum Gasteiger partial charge on any atom is 0.249 e. The molecule has 0 bridgehead atoms. The largest absolute Gasteiger partial charge is 0.368 e. The van der Waals surface area contributed by atoms with E-state index in [4.69, 9.17) is 11.6 Å². The molecular formula is C17H20ClN5. The third-order valence-electron chi connectivity index (χ3n) is 3.80. The predicted octanol–water partition coefficient (Wildman–Crippen LogP) is 4.57. The van der Waals surface area contributed by atoms with Gasteiger partial charge in [-0.05, 0) is 56.4 Å². The molecule has 0 unspecified atom stereocenters. The second-order valence-corrected chi connectivity index (χ2v) is 6.02. The molecule has 0 radical (unpaired) electrons. The van der Waals surface area contributed by atoms with Gasteiger partial charge in [-0.3, -0.25) is 0 Å². The highest BCUT2D eigenvalue weighted by Crippen LogP contribution is 2.20. The van der Waals surface area contributed by atoms with Gasteiger partial charge in [0.15, 0.2) is 5.82 Å². The topological polar surface area (TPSA) is 62.7 Å². The molecule has 0 amide bonds. The smallest absolute Gasteiger partial charge is 0.249 e. The van der Waals surface area contributed by atoms with Crippen molar-refractivity contribution in [3.05, 3.63) is 47.1 Å². The normalized spacial score (nSPS) is 14.2. The van der Waals surface area contributed by atoms with Gasteiger partial charge in [0.25, 0.3) is 0 Å². The van der Waals surface area contributed by atoms with Gasteiger partial charge in [-0.25, -0.2) is 0 Å². The monoisotopic (exact) mass is 329 g/mol. The Balaban J connectivity index is 1.54. The molecule has 120 valence electrons. The molecule has 6 heteroatoms. The number of rotatable bonds is 6. The van der Waals surface area contributed by atoms with Crippen molar-refractivity contribution in [3.8, 4) is 0 Å². The number of benzene rings is 1. The summed E-state index contributed by atoms with van der Waals surface area (Å²) in [6.45, 7) is 0.866. The Bertz CT molecular complexity index is 669. The molecule has 0 atom stereocenters. The van der Waals surface area contributed by atoms with Gasteiger partial charge in [-0.15, -0.1) is 5.10 Å². The summed E-state index contributed by atoms with van der Waals surface area (Å²) in [5.74, 6) is 1.20. The van der Waals surface area contributed by atoms with Crippen LogP contribution in [0.2, 0.25) is 5.02 Å². The minimum absolute atomic E-state index is 0.467. The summed E-state index contributed by atoms with van der Waals surface area (Å²) in [5, 5.41) is 15.1. The lowest BCUT2D eigenvalue weighted by molar-refractivity contribution is 0.679. The second-order valence-electron chi connectivity index (χ2n) is 5.58. The molecule has 3 rings (SSSR count). The van der Waals surface area contributed by atoms with E-state index in [1.54, 1.807) is 11.8 Å². The quantitative estimate of drug-likeness (QED) is 0.760. The third kappa shape index (κ3) is 4.93. The van der Waals surface area contributed by atoms with E-state index in [1.807, 2.05) is 24.3 Å². The van der Waals surface area contributed by atoms with Crippen LogP contribution in [0.4, 0.5) is 17.5 Å². The molecule has 0 fully saturated rings. The molecule has 1 aliphatic rings. The summed E-state index contributed by atoms with van der Waals surface area (Å²) in [4.78, 5) is 4.42. The Morgan fingerprint density at radius 3 is 2.78 bits per heavy atom. The Morgan fingerprint density at radius 1 is 1.13 bits per heavy atom. The van der Waals surface area contributed by atoms with E-state index in [0.29, 0.717) is 11.0 Å². The minimum atomic E-state index is 0.467. The highest BCUT2D eigenvalue weighted by molar-refractivity contribution is 6.30. The first-order valence-electron chi connectivity index (χ1n) is 7.94. The van der Waals surface area contributed by atoms with Crippen LogP contribution in [0.3, 0.4) is 0 Å². The molecule has 1 aromatic heterocycles. The molecule has 0 saturated carbocycles. The molecule has 0 saturated heterocycles. The first kappa shape index (κ1) is 15.7. The zero-order chi connectivity index (χ0) is 15.9. The first-order valence-corrected chi connectivity index (χ1v) is 8.31. The van der Waals surface area contributed by atoms with Crippen LogP contribution in [0.15, 0.2) is 42.1 Å². The molecule has 1 heterocycles. The summed E-state index contributed by atoms with van der Waals surface area (Å²) in [6, 6.07) is 7.39. The van der Waals surface area contributed by atoms with Crippen LogP contribution in [0.1, 0.15) is 32.1 Å². The number of hydrogen-bond acceptors (Lipinski definition) is 5. The summed E-state index contributed by atoms with van der Waals surface area (Å²) >= 11 is 5.88. The number of halogens is 1. The second kappa shape index (κ2) is 7.92. The summed E-state index contributed by atoms with van der Waals surface area (Å²) in [5.41, 5.74) is 2.42. The Hall–Kier alpha value is -2.14. The number of anilines is 3. The number of allylic oxidation sites excluding steroid dienone is 1. The number of nitrogens with one attached hydrogen (secondary N) is 2. The Labute approximate surface area is 141 Å². The molecular weight excluding hydrogens is 310 g/mol. The fourth-order valence-electron chi connectivity index (χ4n) is 2.59. The van der Waals surface area contributed by atoms with Gasteiger partial charge in [0.2, 0.25) is 5.95 Å². The molecule has 23 heavy (non-hydrogen) atoms. The van der Waals surface area contributed by atoms with Crippen molar-refractivity contribution in [3.63, 3.8) is 0 Å². The molecule has 2 N–H and O–H groups in total. The number of aromatic nitrogens is 3. The molecule has 1 aliphatic carbocycles. The zero-order valence-electron chi connectivity index (χ0n) is 12.9. The highest BCUT2D eigenvalue weighted by atomic mass is 35.5. The fraction of sp³-hybridized carbons (Fsp3) is 0.353. The Kier molecular flexibility index (Phi) is 5.42. The average Bonchev–Trinajstić information content (AvgIpc) is 2.58. The van der Waals surface area contributed by atoms with Crippen LogP contribution in [0, 0.1) is 0 Å². The van der Waals surface area contributed by atoms with Crippen molar-refractivity contribution in [2.45, 2.75) is 32.1 Å². The van der Waals surface area contributed by atoms with Gasteiger partial charge in [0, 0.05) is 17.3 Å². The van der Waals surface area contributed by atoms with Crippen molar-refractivity contribution < 1.29 is 0 Å². The van der Waals surface area contributed by atoms with Crippen LogP contribution < -0.4 is 10.6 Å². The minimum Gasteiger partial charge on any atom is -0.368 e.